The largest absolute Gasteiger partial charge is 0.573 e. The zero-order valence-corrected chi connectivity index (χ0v) is 10.2. The van der Waals surface area contributed by atoms with Crippen molar-refractivity contribution in [3.8, 4) is 5.75 Å². The summed E-state index contributed by atoms with van der Waals surface area (Å²) in [6.45, 7) is 0.415. The standard InChI is InChI=1S/C14H11F4NO/c15-11-3-5-12(6-4-11)19-9-10-1-7-13(8-2-10)20-14(16,17)18/h1-8,19H,9H2. The predicted octanol–water partition coefficient (Wildman–Crippen LogP) is 4.34. The molecule has 0 aliphatic heterocycles. The molecule has 0 aromatic heterocycles. The van der Waals surface area contributed by atoms with Crippen molar-refractivity contribution in [2.45, 2.75) is 12.9 Å². The smallest absolute Gasteiger partial charge is 0.406 e. The van der Waals surface area contributed by atoms with Gasteiger partial charge in [-0.05, 0) is 42.0 Å². The molecule has 0 bridgehead atoms. The highest BCUT2D eigenvalue weighted by Gasteiger charge is 2.30. The summed E-state index contributed by atoms with van der Waals surface area (Å²) in [5.41, 5.74) is 1.51. The fraction of sp³-hybridized carbons (Fsp3) is 0.143. The quantitative estimate of drug-likeness (QED) is 0.844. The van der Waals surface area contributed by atoms with Crippen molar-refractivity contribution < 1.29 is 22.3 Å². The SMILES string of the molecule is Fc1ccc(NCc2ccc(OC(F)(F)F)cc2)cc1. The molecule has 0 saturated carbocycles. The maximum absolute atomic E-state index is 12.7. The van der Waals surface area contributed by atoms with Gasteiger partial charge in [0.1, 0.15) is 11.6 Å². The maximum Gasteiger partial charge on any atom is 0.573 e. The number of halogens is 4. The van der Waals surface area contributed by atoms with E-state index in [0.29, 0.717) is 6.54 Å². The van der Waals surface area contributed by atoms with Crippen molar-refractivity contribution in [2.75, 3.05) is 5.32 Å². The lowest BCUT2D eigenvalue weighted by atomic mass is 10.2. The molecule has 20 heavy (non-hydrogen) atoms. The van der Waals surface area contributed by atoms with E-state index in [-0.39, 0.29) is 11.6 Å². The monoisotopic (exact) mass is 285 g/mol. The Morgan fingerprint density at radius 1 is 0.900 bits per heavy atom. The van der Waals surface area contributed by atoms with Gasteiger partial charge in [0.2, 0.25) is 0 Å². The maximum atomic E-state index is 12.7. The number of anilines is 1. The molecule has 2 nitrogen and oxygen atoms in total. The lowest BCUT2D eigenvalue weighted by Crippen LogP contribution is -2.17. The average Bonchev–Trinajstić information content (AvgIpc) is 2.38. The number of hydrogen-bond acceptors (Lipinski definition) is 2. The van der Waals surface area contributed by atoms with Gasteiger partial charge in [-0.25, -0.2) is 4.39 Å². The van der Waals surface area contributed by atoms with Crippen LogP contribution in [0.3, 0.4) is 0 Å². The summed E-state index contributed by atoms with van der Waals surface area (Å²) in [6.07, 6.45) is -4.69. The van der Waals surface area contributed by atoms with Crippen LogP contribution in [0.15, 0.2) is 48.5 Å². The molecule has 2 rings (SSSR count). The molecule has 0 spiro atoms. The predicted molar refractivity (Wildman–Crippen MR) is 66.9 cm³/mol. The van der Waals surface area contributed by atoms with Crippen molar-refractivity contribution in [2.24, 2.45) is 0 Å². The number of rotatable bonds is 4. The number of nitrogens with one attached hydrogen (secondary N) is 1. The molecular formula is C14H11F4NO. The Kier molecular flexibility index (Phi) is 4.12. The third-order valence-electron chi connectivity index (χ3n) is 2.50. The molecule has 0 unspecified atom stereocenters. The number of ether oxygens (including phenoxy) is 1. The van der Waals surface area contributed by atoms with E-state index in [4.69, 9.17) is 0 Å². The van der Waals surface area contributed by atoms with Gasteiger partial charge in [0.25, 0.3) is 0 Å². The van der Waals surface area contributed by atoms with Crippen LogP contribution in [0.5, 0.6) is 5.75 Å². The van der Waals surface area contributed by atoms with Crippen LogP contribution in [-0.4, -0.2) is 6.36 Å². The fourth-order valence-electron chi connectivity index (χ4n) is 1.58. The van der Waals surface area contributed by atoms with E-state index in [0.717, 1.165) is 11.3 Å². The normalized spacial score (nSPS) is 11.2. The van der Waals surface area contributed by atoms with Gasteiger partial charge >= 0.3 is 6.36 Å². The lowest BCUT2D eigenvalue weighted by molar-refractivity contribution is -0.274. The molecule has 0 aliphatic rings. The zero-order valence-electron chi connectivity index (χ0n) is 10.2. The van der Waals surface area contributed by atoms with Gasteiger partial charge in [-0.15, -0.1) is 13.2 Å². The topological polar surface area (TPSA) is 21.3 Å². The molecular weight excluding hydrogens is 274 g/mol. The molecule has 2 aromatic rings. The fourth-order valence-corrected chi connectivity index (χ4v) is 1.58. The average molecular weight is 285 g/mol. The minimum atomic E-state index is -4.69. The van der Waals surface area contributed by atoms with Crippen molar-refractivity contribution in [3.05, 3.63) is 59.9 Å². The summed E-state index contributed by atoms with van der Waals surface area (Å²) in [4.78, 5) is 0. The third kappa shape index (κ3) is 4.46. The van der Waals surface area contributed by atoms with Crippen LogP contribution in [0.1, 0.15) is 5.56 Å². The van der Waals surface area contributed by atoms with Crippen LogP contribution in [0, 0.1) is 5.82 Å². The summed E-state index contributed by atoms with van der Waals surface area (Å²) in [5.74, 6) is -0.591. The highest BCUT2D eigenvalue weighted by Crippen LogP contribution is 2.23. The van der Waals surface area contributed by atoms with E-state index in [9.17, 15) is 17.6 Å². The van der Waals surface area contributed by atoms with Crippen molar-refractivity contribution in [3.63, 3.8) is 0 Å². The number of hydrogen-bond donors (Lipinski definition) is 1. The second-order valence-electron chi connectivity index (χ2n) is 4.05. The van der Waals surface area contributed by atoms with Crippen LogP contribution in [0.2, 0.25) is 0 Å². The van der Waals surface area contributed by atoms with Crippen LogP contribution in [0.4, 0.5) is 23.2 Å². The molecule has 0 atom stereocenters. The first-order valence-electron chi connectivity index (χ1n) is 5.76. The molecule has 0 heterocycles. The van der Waals surface area contributed by atoms with E-state index >= 15 is 0 Å². The highest BCUT2D eigenvalue weighted by atomic mass is 19.4. The number of benzene rings is 2. The number of alkyl halides is 3. The van der Waals surface area contributed by atoms with Crippen molar-refractivity contribution in [1.29, 1.82) is 0 Å². The van der Waals surface area contributed by atoms with E-state index < -0.39 is 6.36 Å². The molecule has 0 aliphatic carbocycles. The lowest BCUT2D eigenvalue weighted by Gasteiger charge is -2.10. The molecule has 106 valence electrons. The Morgan fingerprint density at radius 2 is 1.50 bits per heavy atom. The van der Waals surface area contributed by atoms with Crippen LogP contribution in [0.25, 0.3) is 0 Å². The Bertz CT molecular complexity index is 549. The summed E-state index contributed by atoms with van der Waals surface area (Å²) in [7, 11) is 0. The van der Waals surface area contributed by atoms with Gasteiger partial charge in [0.05, 0.1) is 0 Å². The minimum absolute atomic E-state index is 0.261. The summed E-state index contributed by atoms with van der Waals surface area (Å²) < 4.78 is 52.4. The third-order valence-corrected chi connectivity index (χ3v) is 2.50. The van der Waals surface area contributed by atoms with Crippen molar-refractivity contribution in [1.82, 2.24) is 0 Å². The first-order chi connectivity index (χ1) is 9.42. The molecule has 0 saturated heterocycles. The highest BCUT2D eigenvalue weighted by molar-refractivity contribution is 5.43. The Balaban J connectivity index is 1.92. The van der Waals surface area contributed by atoms with Crippen LogP contribution < -0.4 is 10.1 Å². The Morgan fingerprint density at radius 3 is 2.05 bits per heavy atom. The molecule has 6 heteroatoms. The Hall–Kier alpha value is -2.24. The first kappa shape index (κ1) is 14.2. The second kappa shape index (κ2) is 5.81. The minimum Gasteiger partial charge on any atom is -0.406 e. The second-order valence-corrected chi connectivity index (χ2v) is 4.05. The molecule has 0 fully saturated rings. The van der Waals surface area contributed by atoms with Crippen LogP contribution >= 0.6 is 0 Å². The van der Waals surface area contributed by atoms with Crippen LogP contribution in [-0.2, 0) is 6.54 Å². The summed E-state index contributed by atoms with van der Waals surface area (Å²) in [5, 5.41) is 3.03. The molecule has 0 radical (unpaired) electrons. The van der Waals surface area contributed by atoms with E-state index in [1.54, 1.807) is 12.1 Å². The summed E-state index contributed by atoms with van der Waals surface area (Å²) in [6, 6.07) is 11.3. The zero-order chi connectivity index (χ0) is 14.6. The first-order valence-corrected chi connectivity index (χ1v) is 5.76. The molecule has 2 aromatic carbocycles. The Labute approximate surface area is 113 Å². The van der Waals surface area contributed by atoms with Gasteiger partial charge in [0.15, 0.2) is 0 Å². The van der Waals surface area contributed by atoms with Gasteiger partial charge in [-0.3, -0.25) is 0 Å². The molecule has 1 N–H and O–H groups in total. The van der Waals surface area contributed by atoms with Gasteiger partial charge in [-0.1, -0.05) is 12.1 Å². The van der Waals surface area contributed by atoms with E-state index in [1.807, 2.05) is 0 Å². The van der Waals surface area contributed by atoms with E-state index in [1.165, 1.54) is 36.4 Å². The van der Waals surface area contributed by atoms with E-state index in [2.05, 4.69) is 10.1 Å². The van der Waals surface area contributed by atoms with Gasteiger partial charge < -0.3 is 10.1 Å². The van der Waals surface area contributed by atoms with Gasteiger partial charge in [-0.2, -0.15) is 0 Å². The molecule has 0 amide bonds. The van der Waals surface area contributed by atoms with Crippen molar-refractivity contribution >= 4 is 5.69 Å². The summed E-state index contributed by atoms with van der Waals surface area (Å²) >= 11 is 0. The van der Waals surface area contributed by atoms with Gasteiger partial charge in [0, 0.05) is 12.2 Å².